The van der Waals surface area contributed by atoms with E-state index in [4.69, 9.17) is 0 Å². The van der Waals surface area contributed by atoms with Gasteiger partial charge in [-0.15, -0.1) is 0 Å². The van der Waals surface area contributed by atoms with Crippen molar-refractivity contribution in [2.45, 2.75) is 18.9 Å². The molecule has 0 bridgehead atoms. The Morgan fingerprint density at radius 2 is 2.55 bits per heavy atom. The van der Waals surface area contributed by atoms with E-state index < -0.39 is 0 Å². The van der Waals surface area contributed by atoms with E-state index in [9.17, 15) is 4.79 Å². The Hall–Kier alpha value is -1.39. The van der Waals surface area contributed by atoms with E-state index in [1.165, 1.54) is 0 Å². The summed E-state index contributed by atoms with van der Waals surface area (Å²) < 4.78 is 4.42. The molecule has 1 saturated carbocycles. The van der Waals surface area contributed by atoms with Crippen LogP contribution < -0.4 is 5.32 Å². The molecule has 58 valence electrons. The van der Waals surface area contributed by atoms with Gasteiger partial charge in [0.15, 0.2) is 0 Å². The van der Waals surface area contributed by atoms with Gasteiger partial charge in [0.05, 0.1) is 0 Å². The Labute approximate surface area is 62.8 Å². The maximum atomic E-state index is 11.1. The van der Waals surface area contributed by atoms with E-state index >= 15 is 0 Å². The Bertz CT molecular complexity index is 253. The summed E-state index contributed by atoms with van der Waals surface area (Å²) in [5.74, 6) is -0.141. The van der Waals surface area contributed by atoms with E-state index in [-0.39, 0.29) is 11.7 Å². The summed E-state index contributed by atoms with van der Waals surface area (Å²) in [4.78, 5) is 14.7. The average molecular weight is 153 g/mol. The lowest BCUT2D eigenvalue weighted by Crippen LogP contribution is -2.26. The zero-order valence-electron chi connectivity index (χ0n) is 5.78. The highest BCUT2D eigenvalue weighted by atomic mass is 16.5. The zero-order valence-corrected chi connectivity index (χ0v) is 5.78. The van der Waals surface area contributed by atoms with Gasteiger partial charge in [-0.25, -0.2) is 0 Å². The van der Waals surface area contributed by atoms with Crippen LogP contribution in [0.15, 0.2) is 10.9 Å². The summed E-state index contributed by atoms with van der Waals surface area (Å²) in [6.45, 7) is 0. The van der Waals surface area contributed by atoms with Gasteiger partial charge in [0.25, 0.3) is 11.7 Å². The molecule has 2 rings (SSSR count). The molecule has 0 aliphatic heterocycles. The first-order chi connectivity index (χ1) is 5.36. The van der Waals surface area contributed by atoms with Gasteiger partial charge in [0, 0.05) is 6.04 Å². The molecule has 0 aromatic carbocycles. The molecule has 1 amide bonds. The number of aromatic nitrogens is 2. The van der Waals surface area contributed by atoms with Crippen LogP contribution in [0.5, 0.6) is 0 Å². The number of hydrogen-bond donors (Lipinski definition) is 1. The number of carbonyl (C=O) groups is 1. The molecule has 1 aromatic rings. The fourth-order valence-electron chi connectivity index (χ4n) is 0.748. The fraction of sp³-hybridized carbons (Fsp3) is 0.500. The first-order valence-corrected chi connectivity index (χ1v) is 3.43. The van der Waals surface area contributed by atoms with Crippen LogP contribution in [0.25, 0.3) is 0 Å². The highest BCUT2D eigenvalue weighted by Gasteiger charge is 2.25. The summed E-state index contributed by atoms with van der Waals surface area (Å²) in [6.07, 6.45) is 3.26. The Balaban J connectivity index is 1.99. The third-order valence-corrected chi connectivity index (χ3v) is 1.48. The van der Waals surface area contributed by atoms with Crippen molar-refractivity contribution in [3.63, 3.8) is 0 Å². The molecular weight excluding hydrogens is 146 g/mol. The molecule has 1 fully saturated rings. The molecule has 0 atom stereocenters. The zero-order chi connectivity index (χ0) is 7.68. The van der Waals surface area contributed by atoms with Crippen molar-refractivity contribution >= 4 is 5.91 Å². The number of nitrogens with one attached hydrogen (secondary N) is 1. The van der Waals surface area contributed by atoms with Gasteiger partial charge in [-0.1, -0.05) is 5.16 Å². The van der Waals surface area contributed by atoms with Gasteiger partial charge in [-0.05, 0) is 12.8 Å². The van der Waals surface area contributed by atoms with Gasteiger partial charge in [-0.3, -0.25) is 4.79 Å². The molecule has 1 aliphatic carbocycles. The molecule has 0 radical (unpaired) electrons. The molecule has 11 heavy (non-hydrogen) atoms. The average Bonchev–Trinajstić information content (AvgIpc) is 2.67. The Kier molecular flexibility index (Phi) is 1.34. The van der Waals surface area contributed by atoms with Crippen LogP contribution in [0, 0.1) is 0 Å². The second kappa shape index (κ2) is 2.34. The van der Waals surface area contributed by atoms with E-state index in [0.29, 0.717) is 6.04 Å². The second-order valence-corrected chi connectivity index (χ2v) is 2.50. The van der Waals surface area contributed by atoms with Crippen molar-refractivity contribution in [1.82, 2.24) is 15.5 Å². The van der Waals surface area contributed by atoms with Gasteiger partial charge in [0.1, 0.15) is 0 Å². The highest BCUT2D eigenvalue weighted by Crippen LogP contribution is 2.18. The quantitative estimate of drug-likeness (QED) is 0.647. The summed E-state index contributed by atoms with van der Waals surface area (Å²) in [5, 5.41) is 6.13. The van der Waals surface area contributed by atoms with Crippen molar-refractivity contribution in [1.29, 1.82) is 0 Å². The summed E-state index contributed by atoms with van der Waals surface area (Å²) >= 11 is 0. The molecule has 5 heteroatoms. The van der Waals surface area contributed by atoms with Crippen molar-refractivity contribution < 1.29 is 9.32 Å². The fourth-order valence-corrected chi connectivity index (χ4v) is 0.748. The lowest BCUT2D eigenvalue weighted by atomic mass is 10.5. The molecule has 1 heterocycles. The smallest absolute Gasteiger partial charge is 0.292 e. The van der Waals surface area contributed by atoms with Crippen LogP contribution in [-0.2, 0) is 0 Å². The van der Waals surface area contributed by atoms with Gasteiger partial charge in [-0.2, -0.15) is 4.98 Å². The number of hydrogen-bond acceptors (Lipinski definition) is 4. The molecule has 1 N–H and O–H groups in total. The van der Waals surface area contributed by atoms with Crippen LogP contribution in [0.3, 0.4) is 0 Å². The summed E-state index contributed by atoms with van der Waals surface area (Å²) in [7, 11) is 0. The summed E-state index contributed by atoms with van der Waals surface area (Å²) in [6, 6.07) is 0.334. The summed E-state index contributed by atoms with van der Waals surface area (Å²) in [5.41, 5.74) is 0. The second-order valence-electron chi connectivity index (χ2n) is 2.50. The standard InChI is InChI=1S/C6H7N3O2/c10-6(8-4-1-2-4)5-7-3-11-9-5/h3-4H,1-2H2,(H,8,10). The van der Waals surface area contributed by atoms with Gasteiger partial charge >= 0.3 is 0 Å². The van der Waals surface area contributed by atoms with E-state index in [2.05, 4.69) is 20.0 Å². The van der Waals surface area contributed by atoms with Crippen LogP contribution in [0.4, 0.5) is 0 Å². The Morgan fingerprint density at radius 3 is 3.09 bits per heavy atom. The van der Waals surface area contributed by atoms with Crippen LogP contribution in [0.2, 0.25) is 0 Å². The SMILES string of the molecule is O=C(NC1CC1)c1ncon1. The van der Waals surface area contributed by atoms with E-state index in [1.807, 2.05) is 0 Å². The van der Waals surface area contributed by atoms with Crippen molar-refractivity contribution in [3.8, 4) is 0 Å². The maximum Gasteiger partial charge on any atom is 0.292 e. The Morgan fingerprint density at radius 1 is 1.73 bits per heavy atom. The lowest BCUT2D eigenvalue weighted by Gasteiger charge is -1.95. The highest BCUT2D eigenvalue weighted by molar-refractivity contribution is 5.90. The molecular formula is C6H7N3O2. The predicted molar refractivity (Wildman–Crippen MR) is 34.8 cm³/mol. The molecule has 0 spiro atoms. The predicted octanol–water partition coefficient (Wildman–Crippen LogP) is -0.0382. The maximum absolute atomic E-state index is 11.1. The normalized spacial score (nSPS) is 16.4. The largest absolute Gasteiger partial charge is 0.346 e. The lowest BCUT2D eigenvalue weighted by molar-refractivity contribution is 0.0937. The molecule has 1 aliphatic rings. The molecule has 5 nitrogen and oxygen atoms in total. The molecule has 0 saturated heterocycles. The minimum Gasteiger partial charge on any atom is -0.346 e. The minimum atomic E-state index is -0.249. The van der Waals surface area contributed by atoms with Crippen LogP contribution in [-0.4, -0.2) is 22.1 Å². The number of carbonyl (C=O) groups excluding carboxylic acids is 1. The third-order valence-electron chi connectivity index (χ3n) is 1.48. The molecule has 1 aromatic heterocycles. The minimum absolute atomic E-state index is 0.108. The van der Waals surface area contributed by atoms with Gasteiger partial charge < -0.3 is 9.84 Å². The first kappa shape index (κ1) is 6.33. The third kappa shape index (κ3) is 1.36. The number of amides is 1. The van der Waals surface area contributed by atoms with E-state index in [0.717, 1.165) is 19.2 Å². The number of rotatable bonds is 2. The van der Waals surface area contributed by atoms with Crippen molar-refractivity contribution in [2.24, 2.45) is 0 Å². The van der Waals surface area contributed by atoms with E-state index in [1.54, 1.807) is 0 Å². The topological polar surface area (TPSA) is 68.0 Å². The van der Waals surface area contributed by atoms with Crippen LogP contribution >= 0.6 is 0 Å². The molecule has 0 unspecified atom stereocenters. The number of nitrogens with zero attached hydrogens (tertiary/aromatic N) is 2. The monoisotopic (exact) mass is 153 g/mol. The van der Waals surface area contributed by atoms with Crippen molar-refractivity contribution in [2.75, 3.05) is 0 Å². The first-order valence-electron chi connectivity index (χ1n) is 3.43. The van der Waals surface area contributed by atoms with Crippen LogP contribution in [0.1, 0.15) is 23.5 Å². The van der Waals surface area contributed by atoms with Crippen molar-refractivity contribution in [3.05, 3.63) is 12.2 Å². The van der Waals surface area contributed by atoms with Gasteiger partial charge in [0.2, 0.25) is 6.39 Å².